The van der Waals surface area contributed by atoms with Gasteiger partial charge in [-0.25, -0.2) is 0 Å². The molecule has 104 valence electrons. The minimum Gasteiger partial charge on any atom is -0.376 e. The van der Waals surface area contributed by atoms with Crippen molar-refractivity contribution in [2.45, 2.75) is 31.0 Å². The van der Waals surface area contributed by atoms with Crippen LogP contribution in [0, 0.1) is 17.8 Å². The summed E-state index contributed by atoms with van der Waals surface area (Å²) in [5.41, 5.74) is 6.92. The van der Waals surface area contributed by atoms with E-state index < -0.39 is 0 Å². The van der Waals surface area contributed by atoms with E-state index in [9.17, 15) is 4.79 Å². The maximum Gasteiger partial charge on any atom is 0.296 e. The van der Waals surface area contributed by atoms with Crippen LogP contribution in [0.25, 0.3) is 0 Å². The van der Waals surface area contributed by atoms with Gasteiger partial charge in [-0.2, -0.15) is 0 Å². The number of carbonyl (C=O) groups is 1. The zero-order valence-electron chi connectivity index (χ0n) is 11.2. The molecular formula is C16H18N2O2. The molecule has 0 aromatic heterocycles. The lowest BCUT2D eigenvalue weighted by molar-refractivity contribution is -0.135. The van der Waals surface area contributed by atoms with Crippen LogP contribution >= 0.6 is 0 Å². The van der Waals surface area contributed by atoms with Gasteiger partial charge in [-0.1, -0.05) is 24.1 Å². The van der Waals surface area contributed by atoms with Crippen LogP contribution in [-0.2, 0) is 9.53 Å². The molecular weight excluding hydrogens is 252 g/mol. The Morgan fingerprint density at radius 1 is 1.35 bits per heavy atom. The zero-order chi connectivity index (χ0) is 13.9. The summed E-state index contributed by atoms with van der Waals surface area (Å²) < 4.78 is 5.68. The minimum absolute atomic E-state index is 0.0113. The fourth-order valence-electron chi connectivity index (χ4n) is 2.96. The van der Waals surface area contributed by atoms with Crippen LogP contribution in [0.4, 0.5) is 0 Å². The number of rotatable bonds is 1. The van der Waals surface area contributed by atoms with Crippen molar-refractivity contribution in [1.82, 2.24) is 5.32 Å². The third kappa shape index (κ3) is 2.55. The lowest BCUT2D eigenvalue weighted by Gasteiger charge is -2.52. The Morgan fingerprint density at radius 3 is 2.95 bits per heavy atom. The van der Waals surface area contributed by atoms with Crippen molar-refractivity contribution < 1.29 is 9.53 Å². The summed E-state index contributed by atoms with van der Waals surface area (Å²) in [6.07, 6.45) is 2.22. The maximum atomic E-state index is 11.8. The first-order valence-corrected chi connectivity index (χ1v) is 7.00. The summed E-state index contributed by atoms with van der Waals surface area (Å²) in [5, 5.41) is 2.87. The predicted molar refractivity (Wildman–Crippen MR) is 75.7 cm³/mol. The minimum atomic E-state index is -0.290. The molecule has 1 saturated heterocycles. The Hall–Kier alpha value is -1.83. The highest BCUT2D eigenvalue weighted by molar-refractivity contribution is 5.94. The number of hydrogen-bond acceptors (Lipinski definition) is 3. The quantitative estimate of drug-likeness (QED) is 0.737. The van der Waals surface area contributed by atoms with Gasteiger partial charge in [0, 0.05) is 30.1 Å². The molecule has 0 radical (unpaired) electrons. The van der Waals surface area contributed by atoms with E-state index in [1.807, 2.05) is 30.3 Å². The van der Waals surface area contributed by atoms with E-state index in [1.54, 1.807) is 0 Å². The van der Waals surface area contributed by atoms with E-state index in [4.69, 9.17) is 10.5 Å². The van der Waals surface area contributed by atoms with Gasteiger partial charge in [-0.3, -0.25) is 4.79 Å². The van der Waals surface area contributed by atoms with E-state index in [0.29, 0.717) is 5.92 Å². The molecule has 0 bridgehead atoms. The lowest BCUT2D eigenvalue weighted by Crippen LogP contribution is -2.72. The number of benzene rings is 1. The van der Waals surface area contributed by atoms with Gasteiger partial charge in [0.25, 0.3) is 5.91 Å². The number of nitrogens with one attached hydrogen (secondary N) is 1. The van der Waals surface area contributed by atoms with E-state index in [1.165, 1.54) is 0 Å². The molecule has 4 heteroatoms. The van der Waals surface area contributed by atoms with Gasteiger partial charge < -0.3 is 15.8 Å². The second-order valence-corrected chi connectivity index (χ2v) is 5.33. The number of ether oxygens (including phenoxy) is 1. The van der Waals surface area contributed by atoms with Crippen LogP contribution in [0.1, 0.15) is 18.4 Å². The predicted octanol–water partition coefficient (Wildman–Crippen LogP) is 0.659. The lowest BCUT2D eigenvalue weighted by atomic mass is 9.68. The molecule has 0 spiro atoms. The molecule has 1 aromatic rings. The SMILES string of the molecule is NC1C2CCCOC2C1NC(=O)C#Cc1ccccc1. The normalized spacial score (nSPS) is 31.2. The Balaban J connectivity index is 1.59. The van der Waals surface area contributed by atoms with E-state index in [2.05, 4.69) is 17.2 Å². The maximum absolute atomic E-state index is 11.8. The molecule has 2 aliphatic rings. The van der Waals surface area contributed by atoms with Crippen molar-refractivity contribution >= 4 is 5.91 Å². The van der Waals surface area contributed by atoms with Gasteiger partial charge >= 0.3 is 0 Å². The van der Waals surface area contributed by atoms with Gasteiger partial charge in [0.1, 0.15) is 0 Å². The first kappa shape index (κ1) is 13.2. The fraction of sp³-hybridized carbons (Fsp3) is 0.438. The number of hydrogen-bond donors (Lipinski definition) is 2. The average Bonchev–Trinajstić information content (AvgIpc) is 2.51. The Labute approximate surface area is 118 Å². The van der Waals surface area contributed by atoms with Crippen molar-refractivity contribution in [3.05, 3.63) is 35.9 Å². The van der Waals surface area contributed by atoms with Gasteiger partial charge in [0.05, 0.1) is 12.1 Å². The molecule has 1 heterocycles. The molecule has 3 N–H and O–H groups in total. The molecule has 4 atom stereocenters. The summed E-state index contributed by atoms with van der Waals surface area (Å²) >= 11 is 0. The monoisotopic (exact) mass is 270 g/mol. The molecule has 4 unspecified atom stereocenters. The summed E-state index contributed by atoms with van der Waals surface area (Å²) in [7, 11) is 0. The third-order valence-electron chi connectivity index (χ3n) is 4.07. The Morgan fingerprint density at radius 2 is 2.15 bits per heavy atom. The van der Waals surface area contributed by atoms with Crippen LogP contribution < -0.4 is 11.1 Å². The Bertz CT molecular complexity index is 547. The Kier molecular flexibility index (Phi) is 3.72. The topological polar surface area (TPSA) is 64.3 Å². The second-order valence-electron chi connectivity index (χ2n) is 5.33. The van der Waals surface area contributed by atoms with Crippen molar-refractivity contribution in [2.24, 2.45) is 11.7 Å². The van der Waals surface area contributed by atoms with E-state index in [-0.39, 0.29) is 24.1 Å². The van der Waals surface area contributed by atoms with Crippen LogP contribution in [0.3, 0.4) is 0 Å². The molecule has 3 rings (SSSR count). The number of amides is 1. The van der Waals surface area contributed by atoms with Crippen LogP contribution in [0.2, 0.25) is 0 Å². The largest absolute Gasteiger partial charge is 0.376 e. The molecule has 2 fully saturated rings. The van der Waals surface area contributed by atoms with Gasteiger partial charge in [-0.05, 0) is 25.0 Å². The summed E-state index contributed by atoms with van der Waals surface area (Å²) in [6.45, 7) is 0.760. The van der Waals surface area contributed by atoms with Crippen molar-refractivity contribution in [3.8, 4) is 11.8 Å². The van der Waals surface area contributed by atoms with Gasteiger partial charge in [0.2, 0.25) is 0 Å². The number of nitrogens with two attached hydrogens (primary N) is 1. The first-order valence-electron chi connectivity index (χ1n) is 7.00. The molecule has 20 heavy (non-hydrogen) atoms. The van der Waals surface area contributed by atoms with E-state index in [0.717, 1.165) is 25.0 Å². The standard InChI is InChI=1S/C16H18N2O2/c17-14-12-7-4-10-20-16(12)15(14)18-13(19)9-8-11-5-2-1-3-6-11/h1-3,5-6,12,14-16H,4,7,10,17H2,(H,18,19). The van der Waals surface area contributed by atoms with Crippen LogP contribution in [0.5, 0.6) is 0 Å². The highest BCUT2D eigenvalue weighted by Gasteiger charge is 2.50. The molecule has 1 aliphatic heterocycles. The van der Waals surface area contributed by atoms with Gasteiger partial charge in [0.15, 0.2) is 0 Å². The van der Waals surface area contributed by atoms with E-state index >= 15 is 0 Å². The molecule has 1 saturated carbocycles. The van der Waals surface area contributed by atoms with Crippen LogP contribution in [-0.4, -0.2) is 30.7 Å². The smallest absolute Gasteiger partial charge is 0.296 e. The second kappa shape index (κ2) is 5.66. The molecule has 1 aromatic carbocycles. The average molecular weight is 270 g/mol. The van der Waals surface area contributed by atoms with Gasteiger partial charge in [-0.15, -0.1) is 0 Å². The third-order valence-corrected chi connectivity index (χ3v) is 4.07. The summed E-state index contributed by atoms with van der Waals surface area (Å²) in [4.78, 5) is 11.8. The molecule has 4 nitrogen and oxygen atoms in total. The molecule has 1 aliphatic carbocycles. The summed E-state index contributed by atoms with van der Waals surface area (Å²) in [5.74, 6) is 5.54. The van der Waals surface area contributed by atoms with Crippen molar-refractivity contribution in [3.63, 3.8) is 0 Å². The molecule has 1 amide bonds. The zero-order valence-corrected chi connectivity index (χ0v) is 11.2. The fourth-order valence-corrected chi connectivity index (χ4v) is 2.96. The highest BCUT2D eigenvalue weighted by Crippen LogP contribution is 2.36. The number of carbonyl (C=O) groups excluding carboxylic acids is 1. The van der Waals surface area contributed by atoms with Crippen LogP contribution in [0.15, 0.2) is 30.3 Å². The highest BCUT2D eigenvalue weighted by atomic mass is 16.5. The summed E-state index contributed by atoms with van der Waals surface area (Å²) in [6, 6.07) is 9.33. The first-order chi connectivity index (χ1) is 9.75. The van der Waals surface area contributed by atoms with Crippen molar-refractivity contribution in [2.75, 3.05) is 6.61 Å². The number of fused-ring (bicyclic) bond motifs is 1. The van der Waals surface area contributed by atoms with Crippen molar-refractivity contribution in [1.29, 1.82) is 0 Å².